The number of hydrogen-bond donors (Lipinski definition) is 0. The van der Waals surface area contributed by atoms with E-state index in [1.54, 1.807) is 0 Å². The first-order valence-electron chi connectivity index (χ1n) is 11.1. The Balaban J connectivity index is 1.63. The molecule has 2 heterocycles. The van der Waals surface area contributed by atoms with Gasteiger partial charge in [0.1, 0.15) is 0 Å². The van der Waals surface area contributed by atoms with Crippen molar-refractivity contribution < 1.29 is 0 Å². The molecule has 0 aliphatic carbocycles. The summed E-state index contributed by atoms with van der Waals surface area (Å²) in [5.74, 6) is 0. The zero-order valence-electron chi connectivity index (χ0n) is 17.7. The van der Waals surface area contributed by atoms with Gasteiger partial charge < -0.3 is 9.13 Å². The van der Waals surface area contributed by atoms with Gasteiger partial charge in [-0.25, -0.2) is 0 Å². The maximum Gasteiger partial charge on any atom is 0.0635 e. The molecule has 0 saturated heterocycles. The molecular formula is C30H19BrN2. The van der Waals surface area contributed by atoms with E-state index in [0.717, 1.165) is 4.47 Å². The molecule has 7 rings (SSSR count). The van der Waals surface area contributed by atoms with Crippen molar-refractivity contribution in [3.05, 3.63) is 120 Å². The summed E-state index contributed by atoms with van der Waals surface area (Å²) < 4.78 is 5.78. The fourth-order valence-electron chi connectivity index (χ4n) is 5.10. The first-order chi connectivity index (χ1) is 16.3. The van der Waals surface area contributed by atoms with Crippen LogP contribution in [0.15, 0.2) is 120 Å². The number of para-hydroxylation sites is 1. The van der Waals surface area contributed by atoms with E-state index < -0.39 is 0 Å². The second kappa shape index (κ2) is 7.09. The summed E-state index contributed by atoms with van der Waals surface area (Å²) in [6.07, 6.45) is 2.18. The molecule has 0 N–H and O–H groups in total. The Morgan fingerprint density at radius 1 is 0.515 bits per heavy atom. The summed E-state index contributed by atoms with van der Waals surface area (Å²) in [5, 5.41) is 6.26. The third-order valence-electron chi connectivity index (χ3n) is 6.58. The normalized spacial score (nSPS) is 11.8. The Kier molecular flexibility index (Phi) is 4.02. The van der Waals surface area contributed by atoms with Crippen LogP contribution in [0.5, 0.6) is 0 Å². The lowest BCUT2D eigenvalue weighted by Gasteiger charge is -2.11. The number of fused-ring (bicyclic) bond motifs is 6. The highest BCUT2D eigenvalue weighted by molar-refractivity contribution is 9.10. The molecule has 7 aromatic rings. The second-order valence-corrected chi connectivity index (χ2v) is 9.36. The molecule has 0 amide bonds. The van der Waals surface area contributed by atoms with Gasteiger partial charge in [-0.05, 0) is 65.4 Å². The quantitative estimate of drug-likeness (QED) is 0.231. The van der Waals surface area contributed by atoms with Crippen LogP contribution in [0.1, 0.15) is 0 Å². The lowest BCUT2D eigenvalue weighted by atomic mass is 10.1. The molecule has 0 saturated carbocycles. The number of benzene rings is 5. The third-order valence-corrected chi connectivity index (χ3v) is 7.08. The Morgan fingerprint density at radius 3 is 2.18 bits per heavy atom. The maximum absolute atomic E-state index is 3.69. The SMILES string of the molecule is Brc1ccc2c(c1)c1ccc3c(ccn3-c3ccccc3)c1n2-c1ccc2ccccc2c1. The van der Waals surface area contributed by atoms with Crippen molar-refractivity contribution in [2.45, 2.75) is 0 Å². The zero-order chi connectivity index (χ0) is 21.9. The minimum Gasteiger partial charge on any atom is -0.316 e. The summed E-state index contributed by atoms with van der Waals surface area (Å²) in [4.78, 5) is 0. The minimum absolute atomic E-state index is 1.09. The second-order valence-electron chi connectivity index (χ2n) is 8.44. The van der Waals surface area contributed by atoms with Crippen LogP contribution in [0.4, 0.5) is 0 Å². The molecule has 0 aliphatic rings. The molecule has 0 aliphatic heterocycles. The van der Waals surface area contributed by atoms with E-state index in [0.29, 0.717) is 0 Å². The van der Waals surface area contributed by atoms with Gasteiger partial charge in [0.05, 0.1) is 16.6 Å². The highest BCUT2D eigenvalue weighted by atomic mass is 79.9. The van der Waals surface area contributed by atoms with Gasteiger partial charge in [-0.15, -0.1) is 0 Å². The third kappa shape index (κ3) is 2.79. The molecular weight excluding hydrogens is 468 g/mol. The van der Waals surface area contributed by atoms with Gasteiger partial charge in [-0.2, -0.15) is 0 Å². The summed E-state index contributed by atoms with van der Waals surface area (Å²) >= 11 is 3.69. The van der Waals surface area contributed by atoms with Gasteiger partial charge in [0.25, 0.3) is 0 Å². The molecule has 2 aromatic heterocycles. The Labute approximate surface area is 199 Å². The average molecular weight is 487 g/mol. The predicted molar refractivity (Wildman–Crippen MR) is 143 cm³/mol. The number of rotatable bonds is 2. The van der Waals surface area contributed by atoms with Crippen molar-refractivity contribution in [3.63, 3.8) is 0 Å². The Hall–Kier alpha value is -3.82. The van der Waals surface area contributed by atoms with Crippen LogP contribution in [-0.4, -0.2) is 9.13 Å². The maximum atomic E-state index is 3.69. The number of hydrogen-bond acceptors (Lipinski definition) is 0. The Morgan fingerprint density at radius 2 is 1.30 bits per heavy atom. The molecule has 3 heteroatoms. The summed E-state index contributed by atoms with van der Waals surface area (Å²) in [5.41, 5.74) is 6.01. The van der Waals surface area contributed by atoms with Crippen molar-refractivity contribution in [1.29, 1.82) is 0 Å². The highest BCUT2D eigenvalue weighted by Gasteiger charge is 2.17. The lowest BCUT2D eigenvalue weighted by Crippen LogP contribution is -1.95. The van der Waals surface area contributed by atoms with Crippen LogP contribution in [0.2, 0.25) is 0 Å². The monoisotopic (exact) mass is 486 g/mol. The highest BCUT2D eigenvalue weighted by Crippen LogP contribution is 2.39. The van der Waals surface area contributed by atoms with E-state index in [-0.39, 0.29) is 0 Å². The topological polar surface area (TPSA) is 9.86 Å². The van der Waals surface area contributed by atoms with Crippen molar-refractivity contribution in [2.24, 2.45) is 0 Å². The van der Waals surface area contributed by atoms with Crippen LogP contribution in [-0.2, 0) is 0 Å². The molecule has 0 unspecified atom stereocenters. The standard InChI is InChI=1S/C30H19BrN2/c31-22-11-14-29-27(19-22)25-13-15-28-26(16-17-32(28)23-8-2-1-3-9-23)30(25)33(29)24-12-10-20-6-4-5-7-21(20)18-24/h1-19H. The van der Waals surface area contributed by atoms with Gasteiger partial charge in [-0.1, -0.05) is 70.5 Å². The van der Waals surface area contributed by atoms with Gasteiger partial charge in [-0.3, -0.25) is 0 Å². The fraction of sp³-hybridized carbons (Fsp3) is 0. The van der Waals surface area contributed by atoms with Crippen molar-refractivity contribution in [1.82, 2.24) is 9.13 Å². The van der Waals surface area contributed by atoms with E-state index in [4.69, 9.17) is 0 Å². The molecule has 0 atom stereocenters. The van der Waals surface area contributed by atoms with Gasteiger partial charge in [0.2, 0.25) is 0 Å². The fourth-order valence-corrected chi connectivity index (χ4v) is 5.46. The van der Waals surface area contributed by atoms with E-state index in [1.807, 2.05) is 0 Å². The van der Waals surface area contributed by atoms with Crippen molar-refractivity contribution in [2.75, 3.05) is 0 Å². The van der Waals surface area contributed by atoms with Gasteiger partial charge in [0.15, 0.2) is 0 Å². The minimum atomic E-state index is 1.09. The largest absolute Gasteiger partial charge is 0.316 e. The van der Waals surface area contributed by atoms with Gasteiger partial charge in [0, 0.05) is 38.2 Å². The predicted octanol–water partition coefficient (Wildman–Crippen LogP) is 8.64. The molecule has 156 valence electrons. The number of halogens is 1. The lowest BCUT2D eigenvalue weighted by molar-refractivity contribution is 1.13. The first kappa shape index (κ1) is 18.7. The smallest absolute Gasteiger partial charge is 0.0635 e. The first-order valence-corrected chi connectivity index (χ1v) is 11.9. The van der Waals surface area contributed by atoms with Crippen LogP contribution in [0, 0.1) is 0 Å². The van der Waals surface area contributed by atoms with E-state index in [9.17, 15) is 0 Å². The van der Waals surface area contributed by atoms with E-state index >= 15 is 0 Å². The Bertz CT molecular complexity index is 1820. The summed E-state index contributed by atoms with van der Waals surface area (Å²) in [6.45, 7) is 0. The van der Waals surface area contributed by atoms with Crippen molar-refractivity contribution >= 4 is 59.4 Å². The number of aromatic nitrogens is 2. The molecule has 33 heavy (non-hydrogen) atoms. The van der Waals surface area contributed by atoms with Crippen molar-refractivity contribution in [3.8, 4) is 11.4 Å². The van der Waals surface area contributed by atoms with Crippen LogP contribution >= 0.6 is 15.9 Å². The summed E-state index contributed by atoms with van der Waals surface area (Å²) in [7, 11) is 0. The van der Waals surface area contributed by atoms with Crippen LogP contribution < -0.4 is 0 Å². The molecule has 2 nitrogen and oxygen atoms in total. The molecule has 5 aromatic carbocycles. The van der Waals surface area contributed by atoms with Gasteiger partial charge >= 0.3 is 0 Å². The molecule has 0 fully saturated rings. The molecule has 0 spiro atoms. The summed E-state index contributed by atoms with van der Waals surface area (Å²) in [6, 6.07) is 39.2. The average Bonchev–Trinajstić information content (AvgIpc) is 3.43. The van der Waals surface area contributed by atoms with E-state index in [1.165, 1.54) is 54.9 Å². The van der Waals surface area contributed by atoms with Crippen LogP contribution in [0.3, 0.4) is 0 Å². The molecule has 0 radical (unpaired) electrons. The van der Waals surface area contributed by atoms with Crippen LogP contribution in [0.25, 0.3) is 54.9 Å². The van der Waals surface area contributed by atoms with E-state index in [2.05, 4.69) is 140 Å². The zero-order valence-corrected chi connectivity index (χ0v) is 19.3. The number of nitrogens with zero attached hydrogens (tertiary/aromatic N) is 2. The molecule has 0 bridgehead atoms.